The van der Waals surface area contributed by atoms with Crippen LogP contribution in [0, 0.1) is 0 Å². The van der Waals surface area contributed by atoms with Crippen LogP contribution in [0.25, 0.3) is 0 Å². The molecule has 0 aliphatic rings. The van der Waals surface area contributed by atoms with Gasteiger partial charge in [-0.3, -0.25) is 0 Å². The minimum atomic E-state index is -0.562. The fourth-order valence-electron chi connectivity index (χ4n) is 4.04. The van der Waals surface area contributed by atoms with E-state index in [0.717, 1.165) is 12.2 Å². The van der Waals surface area contributed by atoms with Gasteiger partial charge in [0, 0.05) is 0 Å². The molecule has 0 unspecified atom stereocenters. The van der Waals surface area contributed by atoms with Crippen LogP contribution in [-0.4, -0.2) is 0 Å². The molecule has 0 radical (unpaired) electrons. The molecule has 0 amide bonds. The largest absolute Gasteiger partial charge is 0.489 e. The van der Waals surface area contributed by atoms with Crippen molar-refractivity contribution in [2.75, 3.05) is 0 Å². The number of hydrogen-bond donors (Lipinski definition) is 0. The molecule has 0 saturated carbocycles. The van der Waals surface area contributed by atoms with Gasteiger partial charge >= 0.3 is 0 Å². The van der Waals surface area contributed by atoms with Crippen molar-refractivity contribution in [1.29, 1.82) is 0 Å². The number of halogens is 1. The van der Waals surface area contributed by atoms with Crippen molar-refractivity contribution in [2.24, 2.45) is 0 Å². The quantitative estimate of drug-likeness (QED) is 0.210. The summed E-state index contributed by atoms with van der Waals surface area (Å²) in [5.41, 5.74) is 3.78. The van der Waals surface area contributed by atoms with Crippen molar-refractivity contribution in [1.82, 2.24) is 0 Å². The second-order valence-electron chi connectivity index (χ2n) is 8.27. The zero-order valence-electron chi connectivity index (χ0n) is 19.5. The van der Waals surface area contributed by atoms with Crippen LogP contribution in [0.1, 0.15) is 16.7 Å². The van der Waals surface area contributed by atoms with E-state index in [-0.39, 0.29) is 12.4 Å². The first-order valence-electron chi connectivity index (χ1n) is 11.6. The summed E-state index contributed by atoms with van der Waals surface area (Å²) in [5, 5.41) is 4.13. The molecule has 3 heteroatoms. The van der Waals surface area contributed by atoms with Crippen molar-refractivity contribution in [3.05, 3.63) is 156 Å². The van der Waals surface area contributed by atoms with E-state index in [1.807, 2.05) is 18.2 Å². The first kappa shape index (κ1) is 24.7. The third kappa shape index (κ3) is 6.61. The Bertz CT molecular complexity index is 1250. The van der Waals surface area contributed by atoms with Crippen molar-refractivity contribution < 1.29 is 4.74 Å². The van der Waals surface area contributed by atoms with Crippen molar-refractivity contribution >= 4 is 36.2 Å². The lowest BCUT2D eigenvalue weighted by atomic mass is 10.1. The summed E-state index contributed by atoms with van der Waals surface area (Å²) in [5.74, 6) is 0.902. The summed E-state index contributed by atoms with van der Waals surface area (Å²) in [7, 11) is -0.562. The molecule has 5 aromatic carbocycles. The van der Waals surface area contributed by atoms with E-state index in [0.29, 0.717) is 6.61 Å². The van der Waals surface area contributed by atoms with Gasteiger partial charge in [0.2, 0.25) is 0 Å². The maximum absolute atomic E-state index is 5.93. The first-order chi connectivity index (χ1) is 16.8. The molecule has 5 aromatic rings. The Morgan fingerprint density at radius 1 is 0.429 bits per heavy atom. The zero-order valence-corrected chi connectivity index (χ0v) is 21.2. The van der Waals surface area contributed by atoms with Gasteiger partial charge in [0.15, 0.2) is 0 Å². The Hall–Kier alpha value is -3.38. The molecule has 35 heavy (non-hydrogen) atoms. The number of hydrogen-bond acceptors (Lipinski definition) is 1. The fraction of sp³-hybridized carbons (Fsp3) is 0.0625. The first-order valence-corrected chi connectivity index (χ1v) is 12.9. The van der Waals surface area contributed by atoms with Gasteiger partial charge in [-0.1, -0.05) is 127 Å². The molecule has 0 aromatic heterocycles. The maximum Gasteiger partial charge on any atom is 0.119 e. The molecular weight excluding hydrogens is 467 g/mol. The van der Waals surface area contributed by atoms with Crippen LogP contribution in [0.15, 0.2) is 140 Å². The summed E-state index contributed by atoms with van der Waals surface area (Å²) in [4.78, 5) is 0. The van der Waals surface area contributed by atoms with Gasteiger partial charge in [0.25, 0.3) is 0 Å². The van der Waals surface area contributed by atoms with Crippen LogP contribution >= 0.6 is 20.3 Å². The van der Waals surface area contributed by atoms with Gasteiger partial charge in [0.1, 0.15) is 12.4 Å². The van der Waals surface area contributed by atoms with E-state index in [1.54, 1.807) is 0 Å². The summed E-state index contributed by atoms with van der Waals surface area (Å²) >= 11 is 0. The summed E-state index contributed by atoms with van der Waals surface area (Å²) in [6.45, 7) is 0.591. The Morgan fingerprint density at radius 3 is 1.37 bits per heavy atom. The van der Waals surface area contributed by atoms with E-state index >= 15 is 0 Å². The van der Waals surface area contributed by atoms with Crippen molar-refractivity contribution in [3.63, 3.8) is 0 Å². The number of ether oxygens (including phenoxy) is 1. The molecule has 0 aliphatic carbocycles. The van der Waals surface area contributed by atoms with Gasteiger partial charge in [-0.15, -0.1) is 12.4 Å². The smallest absolute Gasteiger partial charge is 0.119 e. The highest BCUT2D eigenvalue weighted by molar-refractivity contribution is 7.79. The molecule has 5 rings (SSSR count). The van der Waals surface area contributed by atoms with Crippen LogP contribution in [0.2, 0.25) is 0 Å². The minimum Gasteiger partial charge on any atom is -0.489 e. The molecule has 1 nitrogen and oxygen atoms in total. The molecule has 0 atom stereocenters. The summed E-state index contributed by atoms with van der Waals surface area (Å²) in [6.07, 6.45) is 0.911. The molecule has 0 bridgehead atoms. The summed E-state index contributed by atoms with van der Waals surface area (Å²) < 4.78 is 5.93. The van der Waals surface area contributed by atoms with Crippen molar-refractivity contribution in [2.45, 2.75) is 13.0 Å². The average molecular weight is 495 g/mol. The van der Waals surface area contributed by atoms with Gasteiger partial charge in [-0.05, 0) is 59.1 Å². The normalized spacial score (nSPS) is 10.5. The molecule has 0 heterocycles. The second kappa shape index (κ2) is 12.4. The third-order valence-electron chi connectivity index (χ3n) is 5.80. The van der Waals surface area contributed by atoms with Crippen LogP contribution in [0.4, 0.5) is 0 Å². The van der Waals surface area contributed by atoms with E-state index in [4.69, 9.17) is 4.74 Å². The van der Waals surface area contributed by atoms with E-state index in [2.05, 4.69) is 121 Å². The Morgan fingerprint density at radius 2 is 0.857 bits per heavy atom. The standard InChI is InChI=1S/C32H27OP.ClH/c1-4-10-28(11-5-1)25-33-29-20-16-26(17-21-29)24-27-18-22-32(23-19-27)34(30-12-6-2-7-13-30)31-14-8-3-9-15-31;/h1-23H,24-25H2;1H. The molecule has 0 saturated heterocycles. The molecule has 0 fully saturated rings. The predicted molar refractivity (Wildman–Crippen MR) is 152 cm³/mol. The highest BCUT2D eigenvalue weighted by atomic mass is 35.5. The SMILES string of the molecule is Cl.c1ccc(COc2ccc(Cc3ccc(P(c4ccccc4)c4ccccc4)cc3)cc2)cc1. The molecule has 0 aliphatic heterocycles. The predicted octanol–water partition coefficient (Wildman–Crippen LogP) is 7.04. The molecule has 174 valence electrons. The lowest BCUT2D eigenvalue weighted by Gasteiger charge is -2.19. The number of benzene rings is 5. The van der Waals surface area contributed by atoms with Crippen LogP contribution in [-0.2, 0) is 13.0 Å². The zero-order chi connectivity index (χ0) is 23.0. The van der Waals surface area contributed by atoms with Gasteiger partial charge in [-0.25, -0.2) is 0 Å². The monoisotopic (exact) mass is 494 g/mol. The molecule has 0 spiro atoms. The second-order valence-corrected chi connectivity index (χ2v) is 10.5. The summed E-state index contributed by atoms with van der Waals surface area (Å²) in [6, 6.07) is 49.6. The van der Waals surface area contributed by atoms with Crippen molar-refractivity contribution in [3.8, 4) is 5.75 Å². The topological polar surface area (TPSA) is 9.23 Å². The minimum absolute atomic E-state index is 0. The average Bonchev–Trinajstić information content (AvgIpc) is 2.91. The Labute approximate surface area is 215 Å². The lowest BCUT2D eigenvalue weighted by Crippen LogP contribution is -2.20. The third-order valence-corrected chi connectivity index (χ3v) is 8.25. The van der Waals surface area contributed by atoms with E-state index in [1.165, 1.54) is 32.6 Å². The van der Waals surface area contributed by atoms with Crippen LogP contribution < -0.4 is 20.7 Å². The van der Waals surface area contributed by atoms with Gasteiger partial charge < -0.3 is 4.74 Å². The Balaban J connectivity index is 0.00000289. The molecule has 0 N–H and O–H groups in total. The maximum atomic E-state index is 5.93. The fourth-order valence-corrected chi connectivity index (χ4v) is 6.33. The Kier molecular flexibility index (Phi) is 8.74. The lowest BCUT2D eigenvalue weighted by molar-refractivity contribution is 0.306. The van der Waals surface area contributed by atoms with Gasteiger partial charge in [-0.2, -0.15) is 0 Å². The highest BCUT2D eigenvalue weighted by Gasteiger charge is 2.15. The highest BCUT2D eigenvalue weighted by Crippen LogP contribution is 2.32. The van der Waals surface area contributed by atoms with Gasteiger partial charge in [0.05, 0.1) is 0 Å². The van der Waals surface area contributed by atoms with E-state index in [9.17, 15) is 0 Å². The van der Waals surface area contributed by atoms with Crippen LogP contribution in [0.3, 0.4) is 0 Å². The van der Waals surface area contributed by atoms with Crippen LogP contribution in [0.5, 0.6) is 5.75 Å². The number of rotatable bonds is 8. The molecular formula is C32H28ClOP. The van der Waals surface area contributed by atoms with E-state index < -0.39 is 7.92 Å².